The fraction of sp³-hybridized carbons (Fsp3) is 0.308. The van der Waals surface area contributed by atoms with Crippen molar-refractivity contribution in [2.45, 2.75) is 51.4 Å². The molecule has 4 aromatic rings. The average molecular weight is 386 g/mol. The Kier molecular flexibility index (Phi) is 4.82. The van der Waals surface area contributed by atoms with Gasteiger partial charge in [-0.25, -0.2) is 0 Å². The van der Waals surface area contributed by atoms with Gasteiger partial charge in [-0.2, -0.15) is 0 Å². The maximum Gasteiger partial charge on any atom is 0.0590 e. The van der Waals surface area contributed by atoms with Gasteiger partial charge in [0.05, 0.1) is 10.4 Å². The van der Waals surface area contributed by atoms with Crippen molar-refractivity contribution in [1.29, 1.82) is 0 Å². The molecule has 0 bridgehead atoms. The molecular weight excluding hydrogens is 358 g/mol. The third-order valence-electron chi connectivity index (χ3n) is 6.25. The summed E-state index contributed by atoms with van der Waals surface area (Å²) in [5.41, 5.74) is 5.35. The lowest BCUT2D eigenvalue weighted by Gasteiger charge is -2.22. The number of thiophene rings is 1. The second-order valence-corrected chi connectivity index (χ2v) is 9.03. The van der Waals surface area contributed by atoms with Crippen LogP contribution >= 0.6 is 11.3 Å². The summed E-state index contributed by atoms with van der Waals surface area (Å²) in [6, 6.07) is 22.5. The highest BCUT2D eigenvalue weighted by Crippen LogP contribution is 2.41. The SMILES string of the molecule is CCc1cccc2c1sc1c(Nc3ccc(C4CCCCC4)cc3)cccc12. The highest BCUT2D eigenvalue weighted by Gasteiger charge is 2.15. The van der Waals surface area contributed by atoms with Crippen molar-refractivity contribution < 1.29 is 0 Å². The van der Waals surface area contributed by atoms with E-state index in [1.165, 1.54) is 74.8 Å². The number of benzene rings is 3. The molecule has 0 radical (unpaired) electrons. The highest BCUT2D eigenvalue weighted by molar-refractivity contribution is 7.26. The van der Waals surface area contributed by atoms with Crippen LogP contribution in [-0.2, 0) is 6.42 Å². The van der Waals surface area contributed by atoms with Gasteiger partial charge in [0.1, 0.15) is 0 Å². The van der Waals surface area contributed by atoms with Crippen LogP contribution in [0, 0.1) is 0 Å². The van der Waals surface area contributed by atoms with Gasteiger partial charge < -0.3 is 5.32 Å². The van der Waals surface area contributed by atoms with Gasteiger partial charge in [0.2, 0.25) is 0 Å². The van der Waals surface area contributed by atoms with E-state index in [2.05, 4.69) is 72.9 Å². The summed E-state index contributed by atoms with van der Waals surface area (Å²) in [6.07, 6.45) is 7.97. The van der Waals surface area contributed by atoms with Gasteiger partial charge in [0, 0.05) is 21.2 Å². The van der Waals surface area contributed by atoms with E-state index in [1.807, 2.05) is 11.3 Å². The van der Waals surface area contributed by atoms with E-state index < -0.39 is 0 Å². The molecule has 0 unspecified atom stereocenters. The molecule has 0 amide bonds. The number of aryl methyl sites for hydroxylation is 1. The average Bonchev–Trinajstić information content (AvgIpc) is 3.15. The molecule has 1 aromatic heterocycles. The first kappa shape index (κ1) is 17.8. The van der Waals surface area contributed by atoms with Crippen LogP contribution in [0.4, 0.5) is 11.4 Å². The molecule has 1 heterocycles. The third-order valence-corrected chi connectivity index (χ3v) is 7.58. The molecule has 1 aliphatic carbocycles. The van der Waals surface area contributed by atoms with E-state index >= 15 is 0 Å². The van der Waals surface area contributed by atoms with Crippen LogP contribution in [0.1, 0.15) is 56.1 Å². The first-order chi connectivity index (χ1) is 13.8. The summed E-state index contributed by atoms with van der Waals surface area (Å²) in [4.78, 5) is 0. The monoisotopic (exact) mass is 385 g/mol. The van der Waals surface area contributed by atoms with E-state index in [0.717, 1.165) is 12.3 Å². The largest absolute Gasteiger partial charge is 0.354 e. The molecule has 1 fully saturated rings. The number of hydrogen-bond acceptors (Lipinski definition) is 2. The van der Waals surface area contributed by atoms with Crippen LogP contribution in [0.2, 0.25) is 0 Å². The molecule has 142 valence electrons. The van der Waals surface area contributed by atoms with Gasteiger partial charge >= 0.3 is 0 Å². The predicted molar refractivity (Wildman–Crippen MR) is 124 cm³/mol. The summed E-state index contributed by atoms with van der Waals surface area (Å²) in [7, 11) is 0. The Hall–Kier alpha value is -2.32. The molecular formula is C26H27NS. The first-order valence-corrected chi connectivity index (χ1v) is 11.4. The molecule has 1 N–H and O–H groups in total. The van der Waals surface area contributed by atoms with Crippen molar-refractivity contribution in [3.63, 3.8) is 0 Å². The second-order valence-electron chi connectivity index (χ2n) is 8.01. The van der Waals surface area contributed by atoms with E-state index in [9.17, 15) is 0 Å². The van der Waals surface area contributed by atoms with Crippen LogP contribution in [-0.4, -0.2) is 0 Å². The van der Waals surface area contributed by atoms with Gasteiger partial charge in [-0.05, 0) is 54.5 Å². The van der Waals surface area contributed by atoms with Crippen LogP contribution < -0.4 is 5.32 Å². The van der Waals surface area contributed by atoms with E-state index in [0.29, 0.717) is 0 Å². The second kappa shape index (κ2) is 7.60. The molecule has 0 atom stereocenters. The smallest absolute Gasteiger partial charge is 0.0590 e. The van der Waals surface area contributed by atoms with Crippen molar-refractivity contribution in [2.24, 2.45) is 0 Å². The Morgan fingerprint density at radius 2 is 1.54 bits per heavy atom. The fourth-order valence-corrected chi connectivity index (χ4v) is 6.04. The first-order valence-electron chi connectivity index (χ1n) is 10.6. The molecule has 3 aromatic carbocycles. The summed E-state index contributed by atoms with van der Waals surface area (Å²) >= 11 is 1.92. The van der Waals surface area contributed by atoms with Gasteiger partial charge in [0.15, 0.2) is 0 Å². The van der Waals surface area contributed by atoms with Crippen molar-refractivity contribution in [3.05, 3.63) is 71.8 Å². The fourth-order valence-electron chi connectivity index (χ4n) is 4.69. The number of nitrogens with one attached hydrogen (secondary N) is 1. The highest BCUT2D eigenvalue weighted by atomic mass is 32.1. The Bertz CT molecular complexity index is 1100. The normalized spacial score (nSPS) is 15.3. The van der Waals surface area contributed by atoms with E-state index in [-0.39, 0.29) is 0 Å². The van der Waals surface area contributed by atoms with Gasteiger partial charge in [-0.15, -0.1) is 11.3 Å². The minimum atomic E-state index is 0.765. The quantitative estimate of drug-likeness (QED) is 0.372. The Labute approximate surface area is 171 Å². The van der Waals surface area contributed by atoms with E-state index in [4.69, 9.17) is 0 Å². The van der Waals surface area contributed by atoms with Crippen LogP contribution in [0.15, 0.2) is 60.7 Å². The lowest BCUT2D eigenvalue weighted by Crippen LogP contribution is -2.04. The molecule has 1 nitrogen and oxygen atoms in total. The third kappa shape index (κ3) is 3.20. The number of hydrogen-bond donors (Lipinski definition) is 1. The minimum absolute atomic E-state index is 0.765. The molecule has 5 rings (SSSR count). The van der Waals surface area contributed by atoms with Crippen molar-refractivity contribution in [3.8, 4) is 0 Å². The summed E-state index contributed by atoms with van der Waals surface area (Å²) in [5.74, 6) is 0.765. The number of fused-ring (bicyclic) bond motifs is 3. The zero-order valence-electron chi connectivity index (χ0n) is 16.5. The summed E-state index contributed by atoms with van der Waals surface area (Å²) in [5, 5.41) is 6.43. The Balaban J connectivity index is 1.48. The maximum absolute atomic E-state index is 3.69. The van der Waals surface area contributed by atoms with Crippen molar-refractivity contribution in [2.75, 3.05) is 5.32 Å². The number of rotatable bonds is 4. The lowest BCUT2D eigenvalue weighted by molar-refractivity contribution is 0.443. The lowest BCUT2D eigenvalue weighted by atomic mass is 9.84. The minimum Gasteiger partial charge on any atom is -0.354 e. The summed E-state index contributed by atoms with van der Waals surface area (Å²) < 4.78 is 2.79. The van der Waals surface area contributed by atoms with Crippen molar-refractivity contribution >= 4 is 42.9 Å². The zero-order valence-corrected chi connectivity index (χ0v) is 17.3. The standard InChI is InChI=1S/C26H27NS/c1-2-18-10-6-11-22-23-12-7-13-24(26(23)28-25(18)22)27-21-16-14-20(15-17-21)19-8-4-3-5-9-19/h6-7,10-17,19,27H,2-5,8-9H2,1H3. The molecule has 28 heavy (non-hydrogen) atoms. The van der Waals surface area contributed by atoms with Gasteiger partial charge in [-0.1, -0.05) is 68.7 Å². The van der Waals surface area contributed by atoms with Crippen LogP contribution in [0.5, 0.6) is 0 Å². The Morgan fingerprint density at radius 3 is 2.29 bits per heavy atom. The Morgan fingerprint density at radius 1 is 0.821 bits per heavy atom. The summed E-state index contributed by atoms with van der Waals surface area (Å²) in [6.45, 7) is 2.24. The molecule has 2 heteroatoms. The molecule has 1 saturated carbocycles. The molecule has 0 aliphatic heterocycles. The van der Waals surface area contributed by atoms with Gasteiger partial charge in [0.25, 0.3) is 0 Å². The number of anilines is 2. The molecule has 0 spiro atoms. The molecule has 0 saturated heterocycles. The topological polar surface area (TPSA) is 12.0 Å². The van der Waals surface area contributed by atoms with E-state index in [1.54, 1.807) is 0 Å². The maximum atomic E-state index is 3.69. The van der Waals surface area contributed by atoms with Crippen molar-refractivity contribution in [1.82, 2.24) is 0 Å². The van der Waals surface area contributed by atoms with Crippen LogP contribution in [0.25, 0.3) is 20.2 Å². The van der Waals surface area contributed by atoms with Gasteiger partial charge in [-0.3, -0.25) is 0 Å². The zero-order chi connectivity index (χ0) is 18.9. The predicted octanol–water partition coefficient (Wildman–Crippen LogP) is 8.41. The van der Waals surface area contributed by atoms with Crippen LogP contribution in [0.3, 0.4) is 0 Å². The molecule has 1 aliphatic rings.